The smallest absolute Gasteiger partial charge is 0.317 e. The number of amides is 2. The SMILES string of the molecule is Cl.O=C(O)CN1CCN(c2ccc(NC3CCC(=O)NC3=O)cc2)CC1. The molecule has 1 unspecified atom stereocenters. The van der Waals surface area contributed by atoms with E-state index in [2.05, 4.69) is 15.5 Å². The van der Waals surface area contributed by atoms with Crippen molar-refractivity contribution in [1.29, 1.82) is 0 Å². The Labute approximate surface area is 157 Å². The average Bonchev–Trinajstić information content (AvgIpc) is 2.58. The van der Waals surface area contributed by atoms with Gasteiger partial charge in [0.25, 0.3) is 0 Å². The minimum absolute atomic E-state index is 0. The van der Waals surface area contributed by atoms with Gasteiger partial charge in [-0.25, -0.2) is 0 Å². The summed E-state index contributed by atoms with van der Waals surface area (Å²) in [6.45, 7) is 3.11. The maximum Gasteiger partial charge on any atom is 0.317 e. The van der Waals surface area contributed by atoms with Crippen LogP contribution in [-0.4, -0.2) is 66.6 Å². The van der Waals surface area contributed by atoms with Gasteiger partial charge in [-0.1, -0.05) is 0 Å². The number of carboxylic acids is 1. The highest BCUT2D eigenvalue weighted by molar-refractivity contribution is 6.01. The molecule has 3 N–H and O–H groups in total. The van der Waals surface area contributed by atoms with Gasteiger partial charge in [-0.15, -0.1) is 12.4 Å². The Balaban J connectivity index is 0.00000243. The second-order valence-corrected chi connectivity index (χ2v) is 6.35. The number of imide groups is 1. The first kappa shape index (κ1) is 20.0. The van der Waals surface area contributed by atoms with Crippen LogP contribution in [0.2, 0.25) is 0 Å². The lowest BCUT2D eigenvalue weighted by molar-refractivity contribution is -0.138. The van der Waals surface area contributed by atoms with Crippen molar-refractivity contribution < 1.29 is 19.5 Å². The average molecular weight is 383 g/mol. The number of rotatable bonds is 5. The molecule has 0 saturated carbocycles. The van der Waals surface area contributed by atoms with Crippen molar-refractivity contribution in [2.24, 2.45) is 0 Å². The number of halogens is 1. The minimum Gasteiger partial charge on any atom is -0.480 e. The topological polar surface area (TPSA) is 102 Å². The number of hydrogen-bond acceptors (Lipinski definition) is 6. The molecular formula is C17H23ClN4O4. The van der Waals surface area contributed by atoms with Crippen molar-refractivity contribution in [3.63, 3.8) is 0 Å². The molecule has 26 heavy (non-hydrogen) atoms. The van der Waals surface area contributed by atoms with Gasteiger partial charge < -0.3 is 15.3 Å². The van der Waals surface area contributed by atoms with Gasteiger partial charge in [-0.2, -0.15) is 0 Å². The van der Waals surface area contributed by atoms with Crippen LogP contribution in [0.4, 0.5) is 11.4 Å². The highest BCUT2D eigenvalue weighted by Gasteiger charge is 2.26. The Morgan fingerprint density at radius 2 is 1.81 bits per heavy atom. The molecule has 0 aromatic heterocycles. The van der Waals surface area contributed by atoms with Gasteiger partial charge in [-0.3, -0.25) is 24.6 Å². The van der Waals surface area contributed by atoms with E-state index in [0.717, 1.165) is 37.6 Å². The number of piperazine rings is 1. The molecular weight excluding hydrogens is 360 g/mol. The molecule has 0 aliphatic carbocycles. The second kappa shape index (κ2) is 8.86. The summed E-state index contributed by atoms with van der Waals surface area (Å²) in [5.74, 6) is -1.30. The fourth-order valence-corrected chi connectivity index (χ4v) is 3.16. The molecule has 142 valence electrons. The van der Waals surface area contributed by atoms with Crippen molar-refractivity contribution in [2.45, 2.75) is 18.9 Å². The molecule has 1 atom stereocenters. The minimum atomic E-state index is -0.794. The summed E-state index contributed by atoms with van der Waals surface area (Å²) in [6, 6.07) is 7.43. The van der Waals surface area contributed by atoms with Crippen molar-refractivity contribution in [3.05, 3.63) is 24.3 Å². The van der Waals surface area contributed by atoms with Crippen LogP contribution in [0.15, 0.2) is 24.3 Å². The number of nitrogens with one attached hydrogen (secondary N) is 2. The normalized spacial score (nSPS) is 20.9. The summed E-state index contributed by atoms with van der Waals surface area (Å²) in [6.07, 6.45) is 0.847. The Morgan fingerprint density at radius 1 is 1.15 bits per heavy atom. The lowest BCUT2D eigenvalue weighted by atomic mass is 10.1. The van der Waals surface area contributed by atoms with Crippen molar-refractivity contribution in [2.75, 3.05) is 42.9 Å². The Hall–Kier alpha value is -2.32. The van der Waals surface area contributed by atoms with Crippen molar-refractivity contribution in [1.82, 2.24) is 10.2 Å². The van der Waals surface area contributed by atoms with Crippen LogP contribution in [0.3, 0.4) is 0 Å². The standard InChI is InChI=1S/C17H22N4O4.ClH/c22-15-6-5-14(17(25)19-15)18-12-1-3-13(4-2-12)21-9-7-20(8-10-21)11-16(23)24;/h1-4,14,18H,5-11H2,(H,23,24)(H,19,22,25);1H. The van der Waals surface area contributed by atoms with E-state index in [1.165, 1.54) is 0 Å². The molecule has 0 radical (unpaired) electrons. The molecule has 2 fully saturated rings. The Bertz CT molecular complexity index is 659. The lowest BCUT2D eigenvalue weighted by Crippen LogP contribution is -2.48. The molecule has 3 rings (SSSR count). The maximum atomic E-state index is 11.8. The van der Waals surface area contributed by atoms with Crippen molar-refractivity contribution in [3.8, 4) is 0 Å². The molecule has 2 amide bonds. The summed E-state index contributed by atoms with van der Waals surface area (Å²) >= 11 is 0. The van der Waals surface area contributed by atoms with E-state index < -0.39 is 5.97 Å². The Morgan fingerprint density at radius 3 is 2.38 bits per heavy atom. The second-order valence-electron chi connectivity index (χ2n) is 6.35. The summed E-state index contributed by atoms with van der Waals surface area (Å²) in [5, 5.41) is 14.3. The summed E-state index contributed by atoms with van der Waals surface area (Å²) < 4.78 is 0. The number of aliphatic carboxylic acids is 1. The zero-order chi connectivity index (χ0) is 17.8. The maximum absolute atomic E-state index is 11.8. The van der Waals surface area contributed by atoms with Gasteiger partial charge in [0, 0.05) is 44.0 Å². The summed E-state index contributed by atoms with van der Waals surface area (Å²) in [5.41, 5.74) is 1.91. The largest absolute Gasteiger partial charge is 0.480 e. The van der Waals surface area contributed by atoms with Gasteiger partial charge in [0.05, 0.1) is 6.54 Å². The molecule has 1 aromatic rings. The van der Waals surface area contributed by atoms with E-state index in [1.807, 2.05) is 29.2 Å². The van der Waals surface area contributed by atoms with E-state index >= 15 is 0 Å². The van der Waals surface area contributed by atoms with E-state index in [9.17, 15) is 14.4 Å². The molecule has 0 bridgehead atoms. The third-order valence-electron chi connectivity index (χ3n) is 4.54. The zero-order valence-corrected chi connectivity index (χ0v) is 15.1. The van der Waals surface area contributed by atoms with Gasteiger partial charge in [0.1, 0.15) is 6.04 Å². The number of anilines is 2. The third-order valence-corrected chi connectivity index (χ3v) is 4.54. The first-order valence-electron chi connectivity index (χ1n) is 8.40. The number of carbonyl (C=O) groups excluding carboxylic acids is 2. The molecule has 9 heteroatoms. The molecule has 2 aliphatic rings. The van der Waals surface area contributed by atoms with Crippen LogP contribution in [0.1, 0.15) is 12.8 Å². The molecule has 0 spiro atoms. The number of benzene rings is 1. The summed E-state index contributed by atoms with van der Waals surface area (Å²) in [4.78, 5) is 37.9. The first-order chi connectivity index (χ1) is 12.0. The molecule has 1 aromatic carbocycles. The van der Waals surface area contributed by atoms with E-state index in [1.54, 1.807) is 0 Å². The number of piperidine rings is 1. The lowest BCUT2D eigenvalue weighted by Gasteiger charge is -2.35. The molecule has 2 heterocycles. The van der Waals surface area contributed by atoms with E-state index in [0.29, 0.717) is 12.8 Å². The van der Waals surface area contributed by atoms with Crippen LogP contribution < -0.4 is 15.5 Å². The van der Waals surface area contributed by atoms with Crippen LogP contribution in [-0.2, 0) is 14.4 Å². The predicted molar refractivity (Wildman–Crippen MR) is 99.8 cm³/mol. The number of nitrogens with zero attached hydrogens (tertiary/aromatic N) is 2. The highest BCUT2D eigenvalue weighted by Crippen LogP contribution is 2.21. The molecule has 8 nitrogen and oxygen atoms in total. The van der Waals surface area contributed by atoms with Gasteiger partial charge >= 0.3 is 5.97 Å². The first-order valence-corrected chi connectivity index (χ1v) is 8.40. The van der Waals surface area contributed by atoms with Crippen molar-refractivity contribution >= 4 is 41.6 Å². The quantitative estimate of drug-likeness (QED) is 0.638. The zero-order valence-electron chi connectivity index (χ0n) is 14.3. The monoisotopic (exact) mass is 382 g/mol. The van der Waals surface area contributed by atoms with Crippen LogP contribution in [0, 0.1) is 0 Å². The van der Waals surface area contributed by atoms with Crippen LogP contribution in [0.25, 0.3) is 0 Å². The number of carboxylic acid groups (broad SMARTS) is 1. The highest BCUT2D eigenvalue weighted by atomic mass is 35.5. The van der Waals surface area contributed by atoms with Gasteiger partial charge in [0.2, 0.25) is 11.8 Å². The Kier molecular flexibility index (Phi) is 6.82. The fraction of sp³-hybridized carbons (Fsp3) is 0.471. The molecule has 2 saturated heterocycles. The fourth-order valence-electron chi connectivity index (χ4n) is 3.16. The number of hydrogen-bond donors (Lipinski definition) is 3. The molecule has 2 aliphatic heterocycles. The van der Waals surface area contributed by atoms with Crippen LogP contribution in [0.5, 0.6) is 0 Å². The summed E-state index contributed by atoms with van der Waals surface area (Å²) in [7, 11) is 0. The van der Waals surface area contributed by atoms with Gasteiger partial charge in [0.15, 0.2) is 0 Å². The van der Waals surface area contributed by atoms with E-state index in [-0.39, 0.29) is 36.8 Å². The predicted octanol–water partition coefficient (Wildman–Crippen LogP) is 0.532. The van der Waals surface area contributed by atoms with Crippen LogP contribution >= 0.6 is 12.4 Å². The number of carbonyl (C=O) groups is 3. The van der Waals surface area contributed by atoms with E-state index in [4.69, 9.17) is 5.11 Å². The third kappa shape index (κ3) is 5.09. The van der Waals surface area contributed by atoms with Gasteiger partial charge in [-0.05, 0) is 30.7 Å².